The van der Waals surface area contributed by atoms with Crippen molar-refractivity contribution in [3.63, 3.8) is 0 Å². The molecule has 1 aromatic rings. The number of alkyl halides is 3. The summed E-state index contributed by atoms with van der Waals surface area (Å²) >= 11 is 0. The first-order valence-corrected chi connectivity index (χ1v) is 9.13. The van der Waals surface area contributed by atoms with E-state index < -0.39 is 23.8 Å². The van der Waals surface area contributed by atoms with E-state index in [9.17, 15) is 27.6 Å². The van der Waals surface area contributed by atoms with Crippen LogP contribution < -0.4 is 15.4 Å². The van der Waals surface area contributed by atoms with Gasteiger partial charge in [-0.05, 0) is 42.5 Å². The van der Waals surface area contributed by atoms with E-state index in [0.717, 1.165) is 24.0 Å². The third-order valence-electron chi connectivity index (χ3n) is 5.18. The van der Waals surface area contributed by atoms with E-state index in [1.165, 1.54) is 23.1 Å². The van der Waals surface area contributed by atoms with Crippen LogP contribution in [0.15, 0.2) is 29.8 Å². The van der Waals surface area contributed by atoms with E-state index >= 15 is 0 Å². The van der Waals surface area contributed by atoms with Crippen LogP contribution in [0.1, 0.15) is 36.8 Å². The lowest BCUT2D eigenvalue weighted by molar-refractivity contribution is -0.274. The van der Waals surface area contributed by atoms with E-state index in [-0.39, 0.29) is 37.6 Å². The monoisotopic (exact) mass is 409 g/mol. The second-order valence-electron chi connectivity index (χ2n) is 7.41. The van der Waals surface area contributed by atoms with Crippen LogP contribution in [0.4, 0.5) is 18.0 Å². The Balaban J connectivity index is 1.41. The molecular weight excluding hydrogens is 391 g/mol. The van der Waals surface area contributed by atoms with E-state index in [1.807, 2.05) is 0 Å². The molecule has 10 heteroatoms. The van der Waals surface area contributed by atoms with Crippen LogP contribution in [-0.4, -0.2) is 34.6 Å². The highest BCUT2D eigenvalue weighted by atomic mass is 19.4. The molecule has 0 aromatic heterocycles. The molecule has 4 amide bonds. The Kier molecular flexibility index (Phi) is 4.51. The van der Waals surface area contributed by atoms with Crippen molar-refractivity contribution in [2.75, 3.05) is 0 Å². The lowest BCUT2D eigenvalue weighted by Crippen LogP contribution is -2.46. The van der Waals surface area contributed by atoms with Gasteiger partial charge in [0.1, 0.15) is 11.3 Å². The zero-order chi connectivity index (χ0) is 20.8. The minimum atomic E-state index is -4.78. The maximum atomic E-state index is 12.7. The molecule has 0 spiro atoms. The van der Waals surface area contributed by atoms with Gasteiger partial charge >= 0.3 is 12.4 Å². The molecule has 3 aliphatic rings. The molecular formula is C19H18F3N3O4. The third kappa shape index (κ3) is 4.20. The van der Waals surface area contributed by atoms with Crippen LogP contribution in [0, 0.1) is 0 Å². The zero-order valence-corrected chi connectivity index (χ0v) is 15.3. The van der Waals surface area contributed by atoms with Gasteiger partial charge in [0.25, 0.3) is 5.91 Å². The summed E-state index contributed by atoms with van der Waals surface area (Å²) in [5.41, 5.74) is 1.16. The second-order valence-corrected chi connectivity index (χ2v) is 7.41. The summed E-state index contributed by atoms with van der Waals surface area (Å²) in [5.74, 6) is -1.05. The van der Waals surface area contributed by atoms with Crippen molar-refractivity contribution in [2.24, 2.45) is 0 Å². The molecule has 1 aromatic carbocycles. The lowest BCUT2D eigenvalue weighted by Gasteiger charge is -2.23. The summed E-state index contributed by atoms with van der Waals surface area (Å²) in [6.07, 6.45) is -1.20. The van der Waals surface area contributed by atoms with Crippen molar-refractivity contribution in [3.05, 3.63) is 41.0 Å². The number of nitrogens with one attached hydrogen (secondary N) is 2. The van der Waals surface area contributed by atoms with Crippen LogP contribution in [0.25, 0.3) is 0 Å². The molecule has 0 radical (unpaired) electrons. The van der Waals surface area contributed by atoms with Gasteiger partial charge in [-0.1, -0.05) is 17.7 Å². The van der Waals surface area contributed by atoms with Crippen LogP contribution in [0.2, 0.25) is 0 Å². The fourth-order valence-corrected chi connectivity index (χ4v) is 3.63. The maximum absolute atomic E-state index is 12.7. The number of ether oxygens (including phenoxy) is 1. The summed E-state index contributed by atoms with van der Waals surface area (Å²) < 4.78 is 41.1. The molecule has 1 saturated carbocycles. The van der Waals surface area contributed by atoms with Gasteiger partial charge in [-0.25, -0.2) is 4.79 Å². The second kappa shape index (κ2) is 6.78. The Morgan fingerprint density at radius 1 is 1.21 bits per heavy atom. The maximum Gasteiger partial charge on any atom is 0.573 e. The van der Waals surface area contributed by atoms with Gasteiger partial charge in [0, 0.05) is 19.5 Å². The summed E-state index contributed by atoms with van der Waals surface area (Å²) in [4.78, 5) is 38.0. The molecule has 1 saturated heterocycles. The fraction of sp³-hybridized carbons (Fsp3) is 0.421. The largest absolute Gasteiger partial charge is 0.573 e. The molecule has 0 bridgehead atoms. The smallest absolute Gasteiger partial charge is 0.406 e. The molecule has 2 aliphatic heterocycles. The van der Waals surface area contributed by atoms with Crippen molar-refractivity contribution in [1.82, 2.24) is 15.5 Å². The molecule has 7 nitrogen and oxygen atoms in total. The number of urea groups is 1. The number of carbonyl (C=O) groups excluding carboxylic acids is 3. The van der Waals surface area contributed by atoms with Crippen LogP contribution >= 0.6 is 0 Å². The van der Waals surface area contributed by atoms with Gasteiger partial charge in [0.05, 0.1) is 0 Å². The number of imide groups is 1. The first kappa shape index (κ1) is 19.3. The Bertz CT molecular complexity index is 922. The molecule has 1 unspecified atom stereocenters. The number of fused-ring (bicyclic) bond motifs is 1. The standard InChI is InChI=1S/C19H18F3N3O4/c20-19(21,22)29-14-4-3-12-9-25(10-13(12)7-14)15(26)5-6-18(8-11-1-2-11)16(27)23-17(28)24-18/h3-4,7-8H,1-2,5-6,9-10H2,(H2,23,24,27,28). The van der Waals surface area contributed by atoms with E-state index in [1.54, 1.807) is 6.08 Å². The molecule has 2 heterocycles. The number of nitrogens with zero attached hydrogens (tertiary/aromatic N) is 1. The molecule has 1 aliphatic carbocycles. The summed E-state index contributed by atoms with van der Waals surface area (Å²) in [5, 5.41) is 4.82. The molecule has 29 heavy (non-hydrogen) atoms. The third-order valence-corrected chi connectivity index (χ3v) is 5.18. The van der Waals surface area contributed by atoms with E-state index in [2.05, 4.69) is 15.4 Å². The number of allylic oxidation sites excluding steroid dienone is 1. The molecule has 154 valence electrons. The van der Waals surface area contributed by atoms with Crippen LogP contribution in [0.5, 0.6) is 5.75 Å². The number of carbonyl (C=O) groups is 3. The van der Waals surface area contributed by atoms with Gasteiger partial charge in [-0.3, -0.25) is 14.9 Å². The summed E-state index contributed by atoms with van der Waals surface area (Å²) in [6, 6.07) is 3.41. The van der Waals surface area contributed by atoms with E-state index in [4.69, 9.17) is 0 Å². The van der Waals surface area contributed by atoms with E-state index in [0.29, 0.717) is 5.56 Å². The van der Waals surface area contributed by atoms with Crippen molar-refractivity contribution in [1.29, 1.82) is 0 Å². The normalized spacial score (nSPS) is 22.9. The molecule has 4 rings (SSSR count). The fourth-order valence-electron chi connectivity index (χ4n) is 3.63. The highest BCUT2D eigenvalue weighted by molar-refractivity contribution is 6.08. The Morgan fingerprint density at radius 2 is 1.93 bits per heavy atom. The summed E-state index contributed by atoms with van der Waals surface area (Å²) in [6.45, 7) is 0.434. The number of rotatable bonds is 5. The number of benzene rings is 1. The van der Waals surface area contributed by atoms with Gasteiger partial charge in [0.15, 0.2) is 0 Å². The number of hydrogen-bond donors (Lipinski definition) is 2. The first-order chi connectivity index (χ1) is 13.6. The van der Waals surface area contributed by atoms with Gasteiger partial charge < -0.3 is 15.0 Å². The van der Waals surface area contributed by atoms with Crippen molar-refractivity contribution in [2.45, 2.75) is 50.7 Å². The minimum Gasteiger partial charge on any atom is -0.406 e. The van der Waals surface area contributed by atoms with Gasteiger partial charge in [0.2, 0.25) is 5.91 Å². The van der Waals surface area contributed by atoms with Crippen LogP contribution in [0.3, 0.4) is 0 Å². The quantitative estimate of drug-likeness (QED) is 0.578. The minimum absolute atomic E-state index is 0.0113. The van der Waals surface area contributed by atoms with Gasteiger partial charge in [-0.15, -0.1) is 13.2 Å². The molecule has 2 fully saturated rings. The van der Waals surface area contributed by atoms with Crippen LogP contribution in [-0.2, 0) is 22.7 Å². The predicted molar refractivity (Wildman–Crippen MR) is 93.3 cm³/mol. The van der Waals surface area contributed by atoms with Crippen molar-refractivity contribution >= 4 is 17.8 Å². The molecule has 1 atom stereocenters. The average Bonchev–Trinajstić information content (AvgIpc) is 3.24. The lowest BCUT2D eigenvalue weighted by atomic mass is 9.92. The molecule has 2 N–H and O–H groups in total. The number of halogens is 3. The van der Waals surface area contributed by atoms with Gasteiger partial charge in [-0.2, -0.15) is 0 Å². The van der Waals surface area contributed by atoms with Crippen molar-refractivity contribution < 1.29 is 32.3 Å². The highest BCUT2D eigenvalue weighted by Crippen LogP contribution is 2.34. The zero-order valence-electron chi connectivity index (χ0n) is 15.3. The highest BCUT2D eigenvalue weighted by Gasteiger charge is 2.45. The Hall–Kier alpha value is -3.04. The topological polar surface area (TPSA) is 87.7 Å². The van der Waals surface area contributed by atoms with Crippen molar-refractivity contribution in [3.8, 4) is 5.75 Å². The average molecular weight is 409 g/mol. The Labute approximate surface area is 163 Å². The first-order valence-electron chi connectivity index (χ1n) is 9.13. The summed E-state index contributed by atoms with van der Waals surface area (Å²) in [7, 11) is 0. The Morgan fingerprint density at radius 3 is 2.55 bits per heavy atom. The number of hydrogen-bond acceptors (Lipinski definition) is 4. The SMILES string of the molecule is O=C1NC(=O)C(C=C2CC2)(CCC(=O)N2Cc3ccc(OC(F)(F)F)cc3C2)N1. The predicted octanol–water partition coefficient (Wildman–Crippen LogP) is 2.51. The number of amides is 4.